The van der Waals surface area contributed by atoms with Crippen LogP contribution >= 0.6 is 11.6 Å². The molecule has 0 radical (unpaired) electrons. The molecule has 3 rings (SSSR count). The monoisotopic (exact) mass is 384 g/mol. The number of fused-ring (bicyclic) bond motifs is 1. The minimum atomic E-state index is -0.603. The average Bonchev–Trinajstić information content (AvgIpc) is 2.70. The third-order valence-corrected chi connectivity index (χ3v) is 5.11. The Kier molecular flexibility index (Phi) is 6.32. The highest BCUT2D eigenvalue weighted by Crippen LogP contribution is 2.31. The van der Waals surface area contributed by atoms with Crippen LogP contribution in [0.25, 0.3) is 22.2 Å². The molecule has 0 saturated carbocycles. The van der Waals surface area contributed by atoms with Crippen LogP contribution in [0.4, 0.5) is 0 Å². The number of rotatable bonds is 7. The van der Waals surface area contributed by atoms with Crippen LogP contribution < -0.4 is 4.74 Å². The molecule has 3 aromatic rings. The Morgan fingerprint density at radius 1 is 1.07 bits per heavy atom. The second-order valence-electron chi connectivity index (χ2n) is 6.49. The van der Waals surface area contributed by atoms with Gasteiger partial charge in [-0.25, -0.2) is 4.98 Å². The molecule has 0 saturated heterocycles. The SMILES string of the molecule is CCN(CC)C[C@@H](O)c1cc(-c2ccc(OC)cc2)nc2cc(Cl)ccc12. The third kappa shape index (κ3) is 4.41. The molecular formula is C22H25ClN2O2. The number of likely N-dealkylation sites (N-methyl/N-ethyl adjacent to an activating group) is 1. The van der Waals surface area contributed by atoms with Crippen LogP contribution in [0.5, 0.6) is 5.75 Å². The minimum Gasteiger partial charge on any atom is -0.497 e. The fraction of sp³-hybridized carbons (Fsp3) is 0.318. The zero-order chi connectivity index (χ0) is 19.4. The summed E-state index contributed by atoms with van der Waals surface area (Å²) in [4.78, 5) is 6.98. The second kappa shape index (κ2) is 8.70. The maximum Gasteiger partial charge on any atom is 0.118 e. The molecular weight excluding hydrogens is 360 g/mol. The largest absolute Gasteiger partial charge is 0.497 e. The van der Waals surface area contributed by atoms with E-state index in [9.17, 15) is 5.11 Å². The number of halogens is 1. The number of benzene rings is 2. The molecule has 27 heavy (non-hydrogen) atoms. The van der Waals surface area contributed by atoms with Gasteiger partial charge in [0.1, 0.15) is 5.75 Å². The first-order valence-electron chi connectivity index (χ1n) is 9.20. The second-order valence-corrected chi connectivity index (χ2v) is 6.92. The summed E-state index contributed by atoms with van der Waals surface area (Å²) in [6.07, 6.45) is -0.603. The zero-order valence-corrected chi connectivity index (χ0v) is 16.7. The van der Waals surface area contributed by atoms with E-state index in [0.29, 0.717) is 11.6 Å². The molecule has 0 aliphatic heterocycles. The van der Waals surface area contributed by atoms with Gasteiger partial charge in [-0.2, -0.15) is 0 Å². The summed E-state index contributed by atoms with van der Waals surface area (Å²) < 4.78 is 5.24. The first kappa shape index (κ1) is 19.6. The molecule has 2 aromatic carbocycles. The van der Waals surface area contributed by atoms with Crippen LogP contribution in [-0.4, -0.2) is 41.7 Å². The van der Waals surface area contributed by atoms with Crippen molar-refractivity contribution in [3.05, 3.63) is 59.1 Å². The molecule has 0 aliphatic carbocycles. The van der Waals surface area contributed by atoms with E-state index in [2.05, 4.69) is 18.7 Å². The van der Waals surface area contributed by atoms with E-state index in [1.54, 1.807) is 7.11 Å². The van der Waals surface area contributed by atoms with Crippen molar-refractivity contribution in [3.63, 3.8) is 0 Å². The van der Waals surface area contributed by atoms with Gasteiger partial charge in [0.2, 0.25) is 0 Å². The van der Waals surface area contributed by atoms with Crippen molar-refractivity contribution >= 4 is 22.5 Å². The highest BCUT2D eigenvalue weighted by molar-refractivity contribution is 6.31. The van der Waals surface area contributed by atoms with Crippen LogP contribution in [0.15, 0.2) is 48.5 Å². The summed E-state index contributed by atoms with van der Waals surface area (Å²) in [5, 5.41) is 12.5. The van der Waals surface area contributed by atoms with Gasteiger partial charge in [-0.1, -0.05) is 31.5 Å². The van der Waals surface area contributed by atoms with Gasteiger partial charge >= 0.3 is 0 Å². The van der Waals surface area contributed by atoms with Gasteiger partial charge in [-0.3, -0.25) is 0 Å². The van der Waals surface area contributed by atoms with Gasteiger partial charge in [0, 0.05) is 22.5 Å². The van der Waals surface area contributed by atoms with Crippen LogP contribution in [0.1, 0.15) is 25.5 Å². The standard InChI is InChI=1S/C22H25ClN2O2/c1-4-25(5-2)14-22(26)19-13-20(15-6-9-17(27-3)10-7-15)24-21-12-16(23)8-11-18(19)21/h6-13,22,26H,4-5,14H2,1-3H3/t22-/m1/s1. The van der Waals surface area contributed by atoms with Crippen LogP contribution in [0.3, 0.4) is 0 Å². The fourth-order valence-electron chi connectivity index (χ4n) is 3.24. The van der Waals surface area contributed by atoms with Crippen LogP contribution in [-0.2, 0) is 0 Å². The van der Waals surface area contributed by atoms with E-state index in [-0.39, 0.29) is 0 Å². The van der Waals surface area contributed by atoms with Gasteiger partial charge in [0.15, 0.2) is 0 Å². The van der Waals surface area contributed by atoms with Gasteiger partial charge in [-0.05, 0) is 61.1 Å². The minimum absolute atomic E-state index is 0.580. The van der Waals surface area contributed by atoms with Crippen LogP contribution in [0.2, 0.25) is 5.02 Å². The lowest BCUT2D eigenvalue weighted by Crippen LogP contribution is -2.28. The Morgan fingerprint density at radius 3 is 2.41 bits per heavy atom. The van der Waals surface area contributed by atoms with Gasteiger partial charge < -0.3 is 14.7 Å². The van der Waals surface area contributed by atoms with Gasteiger partial charge in [0.05, 0.1) is 24.4 Å². The molecule has 0 fully saturated rings. The van der Waals surface area contributed by atoms with Crippen molar-refractivity contribution in [1.29, 1.82) is 0 Å². The number of pyridine rings is 1. The number of nitrogens with zero attached hydrogens (tertiary/aromatic N) is 2. The number of hydrogen-bond donors (Lipinski definition) is 1. The topological polar surface area (TPSA) is 45.6 Å². The molecule has 0 bridgehead atoms. The number of ether oxygens (including phenoxy) is 1. The van der Waals surface area contributed by atoms with Crippen molar-refractivity contribution in [1.82, 2.24) is 9.88 Å². The predicted octanol–water partition coefficient (Wildman–Crippen LogP) is 4.94. The molecule has 4 nitrogen and oxygen atoms in total. The Morgan fingerprint density at radius 2 is 1.78 bits per heavy atom. The maximum absolute atomic E-state index is 11.0. The molecule has 1 atom stereocenters. The molecule has 0 spiro atoms. The van der Waals surface area contributed by atoms with E-state index in [0.717, 1.165) is 46.6 Å². The number of aliphatic hydroxyl groups excluding tert-OH is 1. The molecule has 1 N–H and O–H groups in total. The Hall–Kier alpha value is -2.14. The molecule has 1 heterocycles. The van der Waals surface area contributed by atoms with E-state index in [1.165, 1.54) is 0 Å². The quantitative estimate of drug-likeness (QED) is 0.626. The van der Waals surface area contributed by atoms with Crippen LogP contribution in [0, 0.1) is 0 Å². The van der Waals surface area contributed by atoms with Crippen molar-refractivity contribution in [2.75, 3.05) is 26.7 Å². The lowest BCUT2D eigenvalue weighted by atomic mass is 9.99. The number of aliphatic hydroxyl groups is 1. The lowest BCUT2D eigenvalue weighted by Gasteiger charge is -2.23. The first-order chi connectivity index (χ1) is 13.0. The first-order valence-corrected chi connectivity index (χ1v) is 9.58. The van der Waals surface area contributed by atoms with Crippen molar-refractivity contribution < 1.29 is 9.84 Å². The van der Waals surface area contributed by atoms with Gasteiger partial charge in [-0.15, -0.1) is 0 Å². The summed E-state index contributed by atoms with van der Waals surface area (Å²) in [5.74, 6) is 0.796. The fourth-order valence-corrected chi connectivity index (χ4v) is 3.40. The highest BCUT2D eigenvalue weighted by atomic mass is 35.5. The van der Waals surface area contributed by atoms with Crippen molar-refractivity contribution in [3.8, 4) is 17.0 Å². The normalized spacial score (nSPS) is 12.5. The number of aromatic nitrogens is 1. The lowest BCUT2D eigenvalue weighted by molar-refractivity contribution is 0.120. The third-order valence-electron chi connectivity index (χ3n) is 4.87. The molecule has 0 amide bonds. The van der Waals surface area contributed by atoms with Gasteiger partial charge in [0.25, 0.3) is 0 Å². The molecule has 0 aliphatic rings. The molecule has 142 valence electrons. The zero-order valence-electron chi connectivity index (χ0n) is 15.9. The molecule has 0 unspecified atom stereocenters. The predicted molar refractivity (Wildman–Crippen MR) is 111 cm³/mol. The summed E-state index contributed by atoms with van der Waals surface area (Å²) in [6, 6.07) is 15.4. The summed E-state index contributed by atoms with van der Waals surface area (Å²) in [7, 11) is 1.65. The highest BCUT2D eigenvalue weighted by Gasteiger charge is 2.17. The van der Waals surface area contributed by atoms with E-state index < -0.39 is 6.10 Å². The van der Waals surface area contributed by atoms with Crippen molar-refractivity contribution in [2.45, 2.75) is 20.0 Å². The Labute approximate surface area is 165 Å². The number of methoxy groups -OCH3 is 1. The number of hydrogen-bond acceptors (Lipinski definition) is 4. The summed E-state index contributed by atoms with van der Waals surface area (Å²) >= 11 is 6.19. The Balaban J connectivity index is 2.09. The summed E-state index contributed by atoms with van der Waals surface area (Å²) in [5.41, 5.74) is 3.42. The maximum atomic E-state index is 11.0. The molecule has 1 aromatic heterocycles. The van der Waals surface area contributed by atoms with E-state index in [4.69, 9.17) is 21.3 Å². The Bertz CT molecular complexity index is 908. The van der Waals surface area contributed by atoms with E-state index >= 15 is 0 Å². The molecule has 5 heteroatoms. The average molecular weight is 385 g/mol. The summed E-state index contributed by atoms with van der Waals surface area (Å²) in [6.45, 7) is 6.57. The van der Waals surface area contributed by atoms with Crippen molar-refractivity contribution in [2.24, 2.45) is 0 Å². The van der Waals surface area contributed by atoms with E-state index in [1.807, 2.05) is 48.5 Å². The smallest absolute Gasteiger partial charge is 0.118 e.